The van der Waals surface area contributed by atoms with Crippen LogP contribution < -0.4 is 5.32 Å². The first-order valence-electron chi connectivity index (χ1n) is 11.7. The third kappa shape index (κ3) is 3.84. The summed E-state index contributed by atoms with van der Waals surface area (Å²) in [4.78, 5) is 29.2. The average Bonchev–Trinajstić information content (AvgIpc) is 3.33. The summed E-state index contributed by atoms with van der Waals surface area (Å²) in [6.45, 7) is 0.684. The van der Waals surface area contributed by atoms with E-state index in [1.807, 2.05) is 71.6 Å². The van der Waals surface area contributed by atoms with Crippen molar-refractivity contribution in [1.82, 2.24) is 9.80 Å². The van der Waals surface area contributed by atoms with E-state index in [0.29, 0.717) is 17.7 Å². The Morgan fingerprint density at radius 1 is 0.971 bits per heavy atom. The Kier molecular flexibility index (Phi) is 5.84. The first kappa shape index (κ1) is 22.2. The van der Waals surface area contributed by atoms with Crippen molar-refractivity contribution in [1.29, 1.82) is 0 Å². The Labute approximate surface area is 199 Å². The van der Waals surface area contributed by atoms with Crippen LogP contribution in [0.4, 0.5) is 5.69 Å². The molecule has 1 fully saturated rings. The van der Waals surface area contributed by atoms with E-state index in [2.05, 4.69) is 11.4 Å². The van der Waals surface area contributed by atoms with Crippen molar-refractivity contribution in [3.63, 3.8) is 0 Å². The van der Waals surface area contributed by atoms with E-state index < -0.39 is 0 Å². The molecule has 2 aliphatic heterocycles. The molecule has 5 rings (SSSR count). The Bertz CT molecular complexity index is 1210. The van der Waals surface area contributed by atoms with Gasteiger partial charge in [-0.15, -0.1) is 0 Å². The zero-order chi connectivity index (χ0) is 23.8. The van der Waals surface area contributed by atoms with Crippen LogP contribution in [0.25, 0.3) is 11.1 Å². The molecule has 0 unspecified atom stereocenters. The number of fused-ring (bicyclic) bond motifs is 3. The number of hydrogen-bond acceptors (Lipinski definition) is 4. The first-order chi connectivity index (χ1) is 16.5. The Morgan fingerprint density at radius 2 is 1.68 bits per heavy atom. The third-order valence-electron chi connectivity index (χ3n) is 7.02. The molecule has 0 aliphatic carbocycles. The van der Waals surface area contributed by atoms with E-state index in [1.165, 1.54) is 0 Å². The van der Waals surface area contributed by atoms with Gasteiger partial charge in [0.2, 0.25) is 0 Å². The fourth-order valence-electron chi connectivity index (χ4n) is 5.28. The predicted octanol–water partition coefficient (Wildman–Crippen LogP) is 4.05. The van der Waals surface area contributed by atoms with E-state index in [4.69, 9.17) is 0 Å². The summed E-state index contributed by atoms with van der Waals surface area (Å²) in [6, 6.07) is 23.0. The van der Waals surface area contributed by atoms with Gasteiger partial charge in [-0.1, -0.05) is 36.4 Å². The summed E-state index contributed by atoms with van der Waals surface area (Å²) in [6.07, 6.45) is 0.840. The monoisotopic (exact) mass is 455 g/mol. The summed E-state index contributed by atoms with van der Waals surface area (Å²) in [7, 11) is 3.49. The number of carbonyl (C=O) groups is 2. The summed E-state index contributed by atoms with van der Waals surface area (Å²) >= 11 is 0. The van der Waals surface area contributed by atoms with Gasteiger partial charge in [-0.05, 0) is 59.5 Å². The highest BCUT2D eigenvalue weighted by atomic mass is 16.3. The van der Waals surface area contributed by atoms with Crippen LogP contribution in [0.3, 0.4) is 0 Å². The Hall–Kier alpha value is -3.64. The van der Waals surface area contributed by atoms with Gasteiger partial charge in [-0.2, -0.15) is 0 Å². The molecule has 34 heavy (non-hydrogen) atoms. The van der Waals surface area contributed by atoms with Crippen LogP contribution in [0.15, 0.2) is 72.8 Å². The number of nitrogens with one attached hydrogen (secondary N) is 1. The molecular weight excluding hydrogens is 426 g/mol. The van der Waals surface area contributed by atoms with Gasteiger partial charge in [0.25, 0.3) is 11.8 Å². The molecule has 1 saturated heterocycles. The fraction of sp³-hybridized carbons (Fsp3) is 0.286. The summed E-state index contributed by atoms with van der Waals surface area (Å²) in [5.41, 5.74) is 5.40. The van der Waals surface area contributed by atoms with E-state index >= 15 is 0 Å². The molecule has 2 amide bonds. The number of aliphatic hydroxyl groups excluding tert-OH is 1. The quantitative estimate of drug-likeness (QED) is 0.623. The van der Waals surface area contributed by atoms with Crippen molar-refractivity contribution >= 4 is 17.5 Å². The van der Waals surface area contributed by atoms with Crippen LogP contribution in [-0.2, 0) is 0 Å². The molecular formula is C28H29N3O3. The first-order valence-corrected chi connectivity index (χ1v) is 11.7. The van der Waals surface area contributed by atoms with Crippen LogP contribution in [0.2, 0.25) is 0 Å². The molecule has 174 valence electrons. The summed E-state index contributed by atoms with van der Waals surface area (Å²) in [5, 5.41) is 13.5. The molecule has 2 N–H and O–H groups in total. The highest BCUT2D eigenvalue weighted by Gasteiger charge is 2.45. The zero-order valence-electron chi connectivity index (χ0n) is 19.4. The van der Waals surface area contributed by atoms with Crippen molar-refractivity contribution in [2.45, 2.75) is 18.5 Å². The van der Waals surface area contributed by atoms with Crippen molar-refractivity contribution in [3.8, 4) is 11.1 Å². The molecule has 6 heteroatoms. The van der Waals surface area contributed by atoms with Gasteiger partial charge in [0.1, 0.15) is 0 Å². The van der Waals surface area contributed by atoms with Gasteiger partial charge < -0.3 is 20.2 Å². The van der Waals surface area contributed by atoms with Crippen LogP contribution in [0.5, 0.6) is 0 Å². The predicted molar refractivity (Wildman–Crippen MR) is 133 cm³/mol. The number of amides is 2. The Morgan fingerprint density at radius 3 is 2.35 bits per heavy atom. The third-order valence-corrected chi connectivity index (χ3v) is 7.02. The molecule has 2 heterocycles. The van der Waals surface area contributed by atoms with Gasteiger partial charge in [0, 0.05) is 43.4 Å². The normalized spacial score (nSPS) is 20.8. The zero-order valence-corrected chi connectivity index (χ0v) is 19.4. The molecule has 0 saturated carbocycles. The number of carbonyl (C=O) groups excluding carboxylic acids is 2. The van der Waals surface area contributed by atoms with Gasteiger partial charge in [-0.3, -0.25) is 9.59 Å². The van der Waals surface area contributed by atoms with Crippen molar-refractivity contribution < 1.29 is 14.7 Å². The van der Waals surface area contributed by atoms with Crippen molar-refractivity contribution in [2.75, 3.05) is 32.6 Å². The standard InChI is InChI=1S/C28H29N3O3/c1-30(2)27(33)20-10-8-18(9-11-20)21-12-13-24-23(16-21)26-22(25(17-32)29-24)14-15-31(26)28(34)19-6-4-3-5-7-19/h3-13,16,22,25-26,29,32H,14-15,17H2,1-2H3/t22-,25-,26-/m1/s1. The number of aliphatic hydroxyl groups is 1. The molecule has 0 bridgehead atoms. The topological polar surface area (TPSA) is 72.9 Å². The number of likely N-dealkylation sites (tertiary alicyclic amines) is 1. The minimum Gasteiger partial charge on any atom is -0.394 e. The minimum absolute atomic E-state index is 0.0228. The maximum absolute atomic E-state index is 13.4. The maximum atomic E-state index is 13.4. The molecule has 2 aliphatic rings. The summed E-state index contributed by atoms with van der Waals surface area (Å²) in [5.74, 6) is 0.134. The van der Waals surface area contributed by atoms with Gasteiger partial charge in [0.15, 0.2) is 0 Å². The second-order valence-electron chi connectivity index (χ2n) is 9.27. The smallest absolute Gasteiger partial charge is 0.254 e. The number of rotatable bonds is 4. The van der Waals surface area contributed by atoms with Gasteiger partial charge in [-0.25, -0.2) is 0 Å². The van der Waals surface area contributed by atoms with Crippen LogP contribution in [0, 0.1) is 5.92 Å². The van der Waals surface area contributed by atoms with E-state index in [1.54, 1.807) is 19.0 Å². The van der Waals surface area contributed by atoms with Crippen LogP contribution in [-0.4, -0.2) is 60.0 Å². The SMILES string of the molecule is CN(C)C(=O)c1ccc(-c2ccc3c(c2)[C@H]2[C@H](CCN2C(=O)c2ccccc2)[C@@H](CO)N3)cc1. The lowest BCUT2D eigenvalue weighted by Gasteiger charge is -2.39. The molecule has 3 atom stereocenters. The molecule has 6 nitrogen and oxygen atoms in total. The fourth-order valence-corrected chi connectivity index (χ4v) is 5.28. The minimum atomic E-state index is -0.101. The van der Waals surface area contributed by atoms with E-state index in [0.717, 1.165) is 28.8 Å². The lowest BCUT2D eigenvalue weighted by Crippen LogP contribution is -2.42. The second-order valence-corrected chi connectivity index (χ2v) is 9.27. The molecule has 0 radical (unpaired) electrons. The van der Waals surface area contributed by atoms with Crippen LogP contribution >= 0.6 is 0 Å². The van der Waals surface area contributed by atoms with Crippen molar-refractivity contribution in [2.24, 2.45) is 5.92 Å². The largest absolute Gasteiger partial charge is 0.394 e. The highest BCUT2D eigenvalue weighted by molar-refractivity contribution is 5.95. The summed E-state index contributed by atoms with van der Waals surface area (Å²) < 4.78 is 0. The lowest BCUT2D eigenvalue weighted by atomic mass is 9.82. The number of nitrogens with zero attached hydrogens (tertiary/aromatic N) is 2. The number of hydrogen-bond donors (Lipinski definition) is 2. The number of benzene rings is 3. The highest BCUT2D eigenvalue weighted by Crippen LogP contribution is 2.47. The maximum Gasteiger partial charge on any atom is 0.254 e. The van der Waals surface area contributed by atoms with E-state index in [9.17, 15) is 14.7 Å². The molecule has 0 aromatic heterocycles. The van der Waals surface area contributed by atoms with Crippen LogP contribution in [0.1, 0.15) is 38.7 Å². The molecule has 3 aromatic rings. The molecule has 3 aromatic carbocycles. The molecule has 0 spiro atoms. The van der Waals surface area contributed by atoms with Crippen molar-refractivity contribution in [3.05, 3.63) is 89.5 Å². The number of anilines is 1. The Balaban J connectivity index is 1.52. The average molecular weight is 456 g/mol. The van der Waals surface area contributed by atoms with E-state index in [-0.39, 0.29) is 36.4 Å². The van der Waals surface area contributed by atoms with Gasteiger partial charge >= 0.3 is 0 Å². The lowest BCUT2D eigenvalue weighted by molar-refractivity contribution is 0.0700. The second kappa shape index (κ2) is 8.95. The van der Waals surface area contributed by atoms with Gasteiger partial charge in [0.05, 0.1) is 18.7 Å².